The first kappa shape index (κ1) is 23.8. The summed E-state index contributed by atoms with van der Waals surface area (Å²) in [6.45, 7) is 0.360. The molecule has 0 radical (unpaired) electrons. The molecule has 0 spiro atoms. The Morgan fingerprint density at radius 3 is 2.00 bits per heavy atom. The minimum absolute atomic E-state index is 0.337. The summed E-state index contributed by atoms with van der Waals surface area (Å²) in [5.74, 6) is 2.96. The molecule has 0 aromatic heterocycles. The summed E-state index contributed by atoms with van der Waals surface area (Å²) in [6.07, 6.45) is 1.47. The van der Waals surface area contributed by atoms with Gasteiger partial charge in [0.15, 0.2) is 0 Å². The van der Waals surface area contributed by atoms with Crippen LogP contribution in [0.15, 0.2) is 48.5 Å². The van der Waals surface area contributed by atoms with Crippen molar-refractivity contribution in [1.29, 1.82) is 0 Å². The number of ether oxygens (including phenoxy) is 1. The Balaban J connectivity index is 1.51. The molecule has 152 valence electrons. The van der Waals surface area contributed by atoms with Gasteiger partial charge in [-0.25, -0.2) is 0 Å². The molecule has 0 aliphatic heterocycles. The normalized spacial score (nSPS) is 12.0. The fraction of sp³-hybridized carbons (Fsp3) is 0.381. The zero-order valence-electron chi connectivity index (χ0n) is 15.4. The molecule has 2 nitrogen and oxygen atoms in total. The van der Waals surface area contributed by atoms with Crippen LogP contribution in [0, 0.1) is 0 Å². The largest absolute Gasteiger partial charge is 0.464 e. The molecule has 0 aliphatic carbocycles. The average Bonchev–Trinajstić information content (AvgIpc) is 2.69. The first-order chi connectivity index (χ1) is 13.6. The predicted molar refractivity (Wildman–Crippen MR) is 125 cm³/mol. The summed E-state index contributed by atoms with van der Waals surface area (Å²) in [4.78, 5) is 12.0. The van der Waals surface area contributed by atoms with E-state index in [1.807, 2.05) is 48.5 Å². The van der Waals surface area contributed by atoms with Crippen LogP contribution in [0.5, 0.6) is 0 Å². The number of carbonyl (C=O) groups is 1. The molecular formula is C21H23Cl3O2S2. The standard InChI is InChI=1S/C21H23Cl3O2S2/c22-18-8-3-1-6-16(18)14-27-12-5-10-20(24)21(25)26-11-13-28-15-17-7-2-4-9-19(17)23/h1-4,6-9,20H,5,10-15H2. The van der Waals surface area contributed by atoms with Crippen LogP contribution in [0.2, 0.25) is 10.0 Å². The molecule has 0 amide bonds. The number of carbonyl (C=O) groups excluding carboxylic acids is 1. The maximum Gasteiger partial charge on any atom is 0.324 e. The molecule has 7 heteroatoms. The van der Waals surface area contributed by atoms with Crippen LogP contribution in [0.25, 0.3) is 0 Å². The lowest BCUT2D eigenvalue weighted by molar-refractivity contribution is -0.142. The van der Waals surface area contributed by atoms with E-state index >= 15 is 0 Å². The zero-order valence-corrected chi connectivity index (χ0v) is 19.3. The van der Waals surface area contributed by atoms with Crippen molar-refractivity contribution in [3.05, 3.63) is 69.7 Å². The van der Waals surface area contributed by atoms with Gasteiger partial charge in [-0.2, -0.15) is 23.5 Å². The summed E-state index contributed by atoms with van der Waals surface area (Å²) in [7, 11) is 0. The highest BCUT2D eigenvalue weighted by Gasteiger charge is 2.16. The Morgan fingerprint density at radius 2 is 1.43 bits per heavy atom. The van der Waals surface area contributed by atoms with Crippen molar-refractivity contribution in [2.75, 3.05) is 18.1 Å². The number of rotatable bonds is 12. The van der Waals surface area contributed by atoms with Crippen molar-refractivity contribution < 1.29 is 9.53 Å². The van der Waals surface area contributed by atoms with Gasteiger partial charge in [-0.15, -0.1) is 11.6 Å². The summed E-state index contributed by atoms with van der Waals surface area (Å²) in [6, 6.07) is 15.6. The minimum atomic E-state index is -0.588. The lowest BCUT2D eigenvalue weighted by atomic mass is 10.2. The zero-order chi connectivity index (χ0) is 20.2. The lowest BCUT2D eigenvalue weighted by Crippen LogP contribution is -2.19. The van der Waals surface area contributed by atoms with Crippen LogP contribution in [-0.4, -0.2) is 29.5 Å². The molecule has 0 saturated heterocycles. The molecule has 2 rings (SSSR count). The van der Waals surface area contributed by atoms with Crippen LogP contribution >= 0.6 is 58.3 Å². The second-order valence-corrected chi connectivity index (χ2v) is 9.62. The van der Waals surface area contributed by atoms with E-state index in [1.165, 1.54) is 0 Å². The molecule has 1 unspecified atom stereocenters. The van der Waals surface area contributed by atoms with Gasteiger partial charge in [-0.05, 0) is 41.9 Å². The van der Waals surface area contributed by atoms with Gasteiger partial charge in [0.2, 0.25) is 0 Å². The van der Waals surface area contributed by atoms with Crippen molar-refractivity contribution in [3.63, 3.8) is 0 Å². The highest BCUT2D eigenvalue weighted by Crippen LogP contribution is 2.22. The third-order valence-corrected chi connectivity index (χ3v) is 7.10. The van der Waals surface area contributed by atoms with Crippen molar-refractivity contribution in [1.82, 2.24) is 0 Å². The Labute approximate surface area is 190 Å². The van der Waals surface area contributed by atoms with Crippen molar-refractivity contribution in [2.45, 2.75) is 29.7 Å². The van der Waals surface area contributed by atoms with E-state index < -0.39 is 5.38 Å². The van der Waals surface area contributed by atoms with E-state index in [1.54, 1.807) is 23.5 Å². The number of esters is 1. The maximum absolute atomic E-state index is 12.0. The number of halogens is 3. The van der Waals surface area contributed by atoms with Crippen molar-refractivity contribution in [2.24, 2.45) is 0 Å². The molecule has 28 heavy (non-hydrogen) atoms. The number of hydrogen-bond acceptors (Lipinski definition) is 4. The molecule has 0 fully saturated rings. The van der Waals surface area contributed by atoms with E-state index in [0.29, 0.717) is 18.8 Å². The van der Waals surface area contributed by atoms with Gasteiger partial charge in [0.25, 0.3) is 0 Å². The van der Waals surface area contributed by atoms with Gasteiger partial charge >= 0.3 is 5.97 Å². The summed E-state index contributed by atoms with van der Waals surface area (Å²) < 4.78 is 5.27. The van der Waals surface area contributed by atoms with Crippen LogP contribution in [0.1, 0.15) is 24.0 Å². The molecule has 0 bridgehead atoms. The molecule has 2 aromatic carbocycles. The predicted octanol–water partition coefficient (Wildman–Crippen LogP) is 7.09. The Kier molecular flexibility index (Phi) is 11.6. The van der Waals surface area contributed by atoms with E-state index in [9.17, 15) is 4.79 Å². The maximum atomic E-state index is 12.0. The van der Waals surface area contributed by atoms with E-state index in [0.717, 1.165) is 44.9 Å². The highest BCUT2D eigenvalue weighted by molar-refractivity contribution is 7.98. The van der Waals surface area contributed by atoms with Crippen LogP contribution in [0.3, 0.4) is 0 Å². The number of thioether (sulfide) groups is 2. The second kappa shape index (κ2) is 13.7. The van der Waals surface area contributed by atoms with Gasteiger partial charge in [0.1, 0.15) is 12.0 Å². The Morgan fingerprint density at radius 1 is 0.893 bits per heavy atom. The quantitative estimate of drug-likeness (QED) is 0.185. The first-order valence-corrected chi connectivity index (χ1v) is 12.5. The summed E-state index contributed by atoms with van der Waals surface area (Å²) in [5, 5.41) is 0.968. The highest BCUT2D eigenvalue weighted by atomic mass is 35.5. The SMILES string of the molecule is O=C(OCCSCc1ccccc1Cl)C(Cl)CCCSCc1ccccc1Cl. The Hall–Kier alpha value is -0.520. The van der Waals surface area contributed by atoms with Crippen molar-refractivity contribution >= 4 is 64.3 Å². The third kappa shape index (κ3) is 8.87. The van der Waals surface area contributed by atoms with E-state index in [2.05, 4.69) is 0 Å². The molecule has 0 heterocycles. The van der Waals surface area contributed by atoms with E-state index in [4.69, 9.17) is 39.5 Å². The molecule has 1 atom stereocenters. The lowest BCUT2D eigenvalue weighted by Gasteiger charge is -2.10. The first-order valence-electron chi connectivity index (χ1n) is 9.01. The monoisotopic (exact) mass is 476 g/mol. The smallest absolute Gasteiger partial charge is 0.324 e. The Bertz CT molecular complexity index is 743. The van der Waals surface area contributed by atoms with Crippen molar-refractivity contribution in [3.8, 4) is 0 Å². The minimum Gasteiger partial charge on any atom is -0.464 e. The average molecular weight is 478 g/mol. The second-order valence-electron chi connectivity index (χ2n) is 6.07. The summed E-state index contributed by atoms with van der Waals surface area (Å²) >= 11 is 21.9. The van der Waals surface area contributed by atoms with Crippen LogP contribution < -0.4 is 0 Å². The van der Waals surface area contributed by atoms with Gasteiger partial charge < -0.3 is 4.74 Å². The number of hydrogen-bond donors (Lipinski definition) is 0. The van der Waals surface area contributed by atoms with Crippen LogP contribution in [-0.2, 0) is 21.0 Å². The fourth-order valence-corrected chi connectivity index (χ4v) is 4.95. The third-order valence-electron chi connectivity index (χ3n) is 3.90. The van der Waals surface area contributed by atoms with Gasteiger partial charge in [0.05, 0.1) is 0 Å². The fourth-order valence-electron chi connectivity index (χ4n) is 2.37. The molecule has 0 aliphatic rings. The molecular weight excluding hydrogens is 455 g/mol. The molecule has 2 aromatic rings. The van der Waals surface area contributed by atoms with Gasteiger partial charge in [0, 0.05) is 27.3 Å². The van der Waals surface area contributed by atoms with E-state index in [-0.39, 0.29) is 5.97 Å². The molecule has 0 N–H and O–H groups in total. The number of alkyl halides is 1. The topological polar surface area (TPSA) is 26.3 Å². The van der Waals surface area contributed by atoms with Gasteiger partial charge in [-0.1, -0.05) is 59.6 Å². The summed E-state index contributed by atoms with van der Waals surface area (Å²) in [5.41, 5.74) is 2.22. The number of benzene rings is 2. The van der Waals surface area contributed by atoms with Crippen LogP contribution in [0.4, 0.5) is 0 Å². The molecule has 0 saturated carbocycles. The van der Waals surface area contributed by atoms with Gasteiger partial charge in [-0.3, -0.25) is 4.79 Å².